The van der Waals surface area contributed by atoms with Crippen molar-refractivity contribution in [1.82, 2.24) is 19.6 Å². The Hall–Kier alpha value is -3.75. The molecule has 28 heavy (non-hydrogen) atoms. The van der Waals surface area contributed by atoms with Gasteiger partial charge in [-0.1, -0.05) is 6.92 Å². The number of aryl methyl sites for hydroxylation is 1. The third-order valence-electron chi connectivity index (χ3n) is 4.57. The second-order valence-corrected chi connectivity index (χ2v) is 6.09. The first-order valence-electron chi connectivity index (χ1n) is 8.62. The molecule has 2 aromatic carbocycles. The average Bonchev–Trinajstić information content (AvgIpc) is 3.17. The fraction of sp³-hybridized carbons (Fsp3) is 0.211. The molecular weight excluding hydrogens is 362 g/mol. The number of non-ortho nitro benzene ring substituents is 1. The van der Waals surface area contributed by atoms with Crippen LogP contribution >= 0.6 is 0 Å². The Labute approximate surface area is 159 Å². The number of hydrogen-bond donors (Lipinski definition) is 0. The highest BCUT2D eigenvalue weighted by molar-refractivity contribution is 5.94. The van der Waals surface area contributed by atoms with Crippen LogP contribution in [0, 0.1) is 10.1 Å². The van der Waals surface area contributed by atoms with E-state index in [9.17, 15) is 10.1 Å². The van der Waals surface area contributed by atoms with Crippen molar-refractivity contribution >= 4 is 22.2 Å². The quantitative estimate of drug-likeness (QED) is 0.386. The summed E-state index contributed by atoms with van der Waals surface area (Å²) >= 11 is 0. The van der Waals surface area contributed by atoms with Gasteiger partial charge in [-0.05, 0) is 18.2 Å². The van der Waals surface area contributed by atoms with Gasteiger partial charge in [0.25, 0.3) is 5.69 Å². The van der Waals surface area contributed by atoms with Crippen molar-refractivity contribution in [2.45, 2.75) is 13.3 Å². The Morgan fingerprint density at radius 2 is 1.75 bits per heavy atom. The number of ether oxygens (including phenoxy) is 2. The van der Waals surface area contributed by atoms with Gasteiger partial charge in [-0.25, -0.2) is 4.98 Å². The maximum Gasteiger partial charge on any atom is 0.269 e. The van der Waals surface area contributed by atoms with Gasteiger partial charge >= 0.3 is 0 Å². The molecule has 0 unspecified atom stereocenters. The summed E-state index contributed by atoms with van der Waals surface area (Å²) in [5.74, 6) is 2.51. The van der Waals surface area contributed by atoms with Gasteiger partial charge in [-0.2, -0.15) is 0 Å². The van der Waals surface area contributed by atoms with E-state index in [-0.39, 0.29) is 5.69 Å². The van der Waals surface area contributed by atoms with Crippen LogP contribution < -0.4 is 9.47 Å². The highest BCUT2D eigenvalue weighted by Gasteiger charge is 2.18. The van der Waals surface area contributed by atoms with E-state index in [1.165, 1.54) is 12.1 Å². The summed E-state index contributed by atoms with van der Waals surface area (Å²) < 4.78 is 12.6. The molecule has 0 aliphatic heterocycles. The van der Waals surface area contributed by atoms with Crippen LogP contribution in [0.15, 0.2) is 36.4 Å². The molecule has 142 valence electrons. The van der Waals surface area contributed by atoms with E-state index in [4.69, 9.17) is 14.5 Å². The second kappa shape index (κ2) is 6.76. The molecule has 0 aliphatic carbocycles. The van der Waals surface area contributed by atoms with Crippen molar-refractivity contribution in [2.75, 3.05) is 14.2 Å². The zero-order chi connectivity index (χ0) is 19.8. The lowest BCUT2D eigenvalue weighted by molar-refractivity contribution is -0.384. The lowest BCUT2D eigenvalue weighted by atomic mass is 10.1. The fourth-order valence-electron chi connectivity index (χ4n) is 3.19. The largest absolute Gasteiger partial charge is 0.493 e. The van der Waals surface area contributed by atoms with E-state index in [1.54, 1.807) is 26.4 Å². The molecule has 4 rings (SSSR count). The van der Waals surface area contributed by atoms with Crippen LogP contribution in [0.3, 0.4) is 0 Å². The molecule has 2 heterocycles. The summed E-state index contributed by atoms with van der Waals surface area (Å²) in [6.07, 6.45) is 0.652. The van der Waals surface area contributed by atoms with Crippen molar-refractivity contribution in [2.24, 2.45) is 0 Å². The van der Waals surface area contributed by atoms with Crippen LogP contribution in [0.5, 0.6) is 11.5 Å². The van der Waals surface area contributed by atoms with Crippen LogP contribution in [-0.4, -0.2) is 38.7 Å². The molecule has 0 spiro atoms. The first-order chi connectivity index (χ1) is 13.6. The van der Waals surface area contributed by atoms with E-state index >= 15 is 0 Å². The predicted octanol–water partition coefficient (Wildman–Crippen LogP) is 3.43. The van der Waals surface area contributed by atoms with Crippen molar-refractivity contribution in [3.8, 4) is 22.9 Å². The first kappa shape index (κ1) is 17.7. The smallest absolute Gasteiger partial charge is 0.269 e. The summed E-state index contributed by atoms with van der Waals surface area (Å²) in [4.78, 5) is 15.2. The third kappa shape index (κ3) is 2.68. The minimum Gasteiger partial charge on any atom is -0.493 e. The number of rotatable bonds is 5. The van der Waals surface area contributed by atoms with E-state index in [0.29, 0.717) is 29.4 Å². The van der Waals surface area contributed by atoms with Crippen molar-refractivity contribution < 1.29 is 14.4 Å². The maximum absolute atomic E-state index is 10.9. The highest BCUT2D eigenvalue weighted by Crippen LogP contribution is 2.34. The lowest BCUT2D eigenvalue weighted by Crippen LogP contribution is -2.03. The summed E-state index contributed by atoms with van der Waals surface area (Å²) in [6.45, 7) is 1.99. The Kier molecular flexibility index (Phi) is 4.26. The van der Waals surface area contributed by atoms with E-state index in [0.717, 1.165) is 22.3 Å². The molecule has 0 aliphatic rings. The van der Waals surface area contributed by atoms with Gasteiger partial charge in [0.2, 0.25) is 0 Å². The first-order valence-corrected chi connectivity index (χ1v) is 8.62. The molecular formula is C19H17N5O4. The molecule has 0 fully saturated rings. The third-order valence-corrected chi connectivity index (χ3v) is 4.57. The molecule has 0 atom stereocenters. The van der Waals surface area contributed by atoms with E-state index < -0.39 is 4.92 Å². The average molecular weight is 379 g/mol. The topological polar surface area (TPSA) is 105 Å². The van der Waals surface area contributed by atoms with Crippen molar-refractivity contribution in [3.05, 3.63) is 52.3 Å². The number of methoxy groups -OCH3 is 2. The number of hydrogen-bond acceptors (Lipinski definition) is 7. The molecule has 2 aromatic heterocycles. The molecule has 9 heteroatoms. The lowest BCUT2D eigenvalue weighted by Gasteiger charge is -2.12. The summed E-state index contributed by atoms with van der Waals surface area (Å²) in [5.41, 5.74) is 2.10. The second-order valence-electron chi connectivity index (χ2n) is 6.09. The normalized spacial score (nSPS) is 11.1. The number of nitrogens with zero attached hydrogens (tertiary/aromatic N) is 5. The zero-order valence-electron chi connectivity index (χ0n) is 15.5. The van der Waals surface area contributed by atoms with Crippen molar-refractivity contribution in [1.29, 1.82) is 0 Å². The number of fused-ring (bicyclic) bond motifs is 3. The monoisotopic (exact) mass is 379 g/mol. The van der Waals surface area contributed by atoms with Gasteiger partial charge in [0.15, 0.2) is 23.0 Å². The molecule has 0 bridgehead atoms. The van der Waals surface area contributed by atoms with Gasteiger partial charge in [0, 0.05) is 35.6 Å². The van der Waals surface area contributed by atoms with Gasteiger partial charge in [0.1, 0.15) is 5.82 Å². The highest BCUT2D eigenvalue weighted by atomic mass is 16.6. The molecule has 0 saturated heterocycles. The Balaban J connectivity index is 1.99. The van der Waals surface area contributed by atoms with Crippen LogP contribution in [0.2, 0.25) is 0 Å². The zero-order valence-corrected chi connectivity index (χ0v) is 15.5. The fourth-order valence-corrected chi connectivity index (χ4v) is 3.19. The Morgan fingerprint density at radius 1 is 1.07 bits per heavy atom. The van der Waals surface area contributed by atoms with Gasteiger partial charge in [-0.15, -0.1) is 10.2 Å². The molecule has 9 nitrogen and oxygen atoms in total. The maximum atomic E-state index is 10.9. The summed E-state index contributed by atoms with van der Waals surface area (Å²) in [6, 6.07) is 9.85. The SMILES string of the molecule is CCc1nc2cc(OC)c(OC)cc2c2nnc(-c3ccc([N+](=O)[O-])cc3)n12. The summed E-state index contributed by atoms with van der Waals surface area (Å²) in [5, 5.41) is 20.4. The van der Waals surface area contributed by atoms with Crippen LogP contribution in [-0.2, 0) is 6.42 Å². The number of aromatic nitrogens is 4. The van der Waals surface area contributed by atoms with Crippen LogP contribution in [0.4, 0.5) is 5.69 Å². The van der Waals surface area contributed by atoms with Gasteiger partial charge in [-0.3, -0.25) is 14.5 Å². The van der Waals surface area contributed by atoms with Crippen LogP contribution in [0.1, 0.15) is 12.7 Å². The molecule has 4 aromatic rings. The van der Waals surface area contributed by atoms with E-state index in [2.05, 4.69) is 10.2 Å². The minimum atomic E-state index is -0.433. The Bertz CT molecular complexity index is 1200. The Morgan fingerprint density at radius 3 is 2.36 bits per heavy atom. The number of nitro groups is 1. The standard InChI is InChI=1S/C19H17N5O4/c1-4-17-20-14-10-16(28-3)15(27-2)9-13(14)19-22-21-18(23(17)19)11-5-7-12(8-6-11)24(25)26/h5-10H,4H2,1-3H3. The molecule has 0 saturated carbocycles. The minimum absolute atomic E-state index is 0.0219. The molecule has 0 radical (unpaired) electrons. The molecule has 0 amide bonds. The van der Waals surface area contributed by atoms with Crippen LogP contribution in [0.25, 0.3) is 27.9 Å². The van der Waals surface area contributed by atoms with Crippen molar-refractivity contribution in [3.63, 3.8) is 0 Å². The summed E-state index contributed by atoms with van der Waals surface area (Å²) in [7, 11) is 3.15. The van der Waals surface area contributed by atoms with Gasteiger partial charge < -0.3 is 9.47 Å². The van der Waals surface area contributed by atoms with E-state index in [1.807, 2.05) is 23.5 Å². The number of nitro benzene ring substituents is 1. The predicted molar refractivity (Wildman–Crippen MR) is 103 cm³/mol. The molecule has 0 N–H and O–H groups in total. The van der Waals surface area contributed by atoms with Gasteiger partial charge in [0.05, 0.1) is 24.7 Å². The number of benzene rings is 2.